The van der Waals surface area contributed by atoms with Crippen molar-refractivity contribution < 1.29 is 9.59 Å². The van der Waals surface area contributed by atoms with Gasteiger partial charge in [0, 0.05) is 35.3 Å². The Morgan fingerprint density at radius 1 is 1.07 bits per heavy atom. The molecule has 0 bridgehead atoms. The number of hydrogen-bond donors (Lipinski definition) is 2. The molecule has 1 aliphatic rings. The summed E-state index contributed by atoms with van der Waals surface area (Å²) in [5, 5.41) is 3.64. The van der Waals surface area contributed by atoms with E-state index in [0.717, 1.165) is 23.9 Å². The highest BCUT2D eigenvalue weighted by molar-refractivity contribution is 6.30. The number of amides is 2. The Hall–Kier alpha value is -2.86. The standard InChI is InChI=1S/C20H19ClN4O2/c21-15-4-1-13(2-5-15)19(26)24-16-7-9-25(10-8-16)20(27)14-3-6-17-18(11-14)23-12-22-17/h1-6,11-12,16H,7-10H2,(H,22,23)(H,24,26). The molecule has 1 aliphatic heterocycles. The summed E-state index contributed by atoms with van der Waals surface area (Å²) < 4.78 is 0. The normalized spacial score (nSPS) is 15.1. The fourth-order valence-corrected chi connectivity index (χ4v) is 3.47. The molecule has 138 valence electrons. The van der Waals surface area contributed by atoms with Crippen molar-refractivity contribution in [3.63, 3.8) is 0 Å². The van der Waals surface area contributed by atoms with Crippen LogP contribution < -0.4 is 5.32 Å². The molecular weight excluding hydrogens is 364 g/mol. The summed E-state index contributed by atoms with van der Waals surface area (Å²) in [6, 6.07) is 12.4. The molecule has 2 aromatic carbocycles. The van der Waals surface area contributed by atoms with Gasteiger partial charge in [0.2, 0.25) is 0 Å². The number of fused-ring (bicyclic) bond motifs is 1. The minimum absolute atomic E-state index is 0.00831. The number of piperidine rings is 1. The van der Waals surface area contributed by atoms with Crippen LogP contribution in [0.2, 0.25) is 5.02 Å². The van der Waals surface area contributed by atoms with Crippen LogP contribution in [-0.2, 0) is 0 Å². The zero-order valence-corrected chi connectivity index (χ0v) is 15.4. The number of carbonyl (C=O) groups excluding carboxylic acids is 2. The lowest BCUT2D eigenvalue weighted by Crippen LogP contribution is -2.46. The summed E-state index contributed by atoms with van der Waals surface area (Å²) in [4.78, 5) is 34.1. The van der Waals surface area contributed by atoms with E-state index in [9.17, 15) is 9.59 Å². The molecule has 3 aromatic rings. The van der Waals surface area contributed by atoms with Crippen LogP contribution in [0.4, 0.5) is 0 Å². The minimum atomic E-state index is -0.110. The summed E-state index contributed by atoms with van der Waals surface area (Å²) in [5.74, 6) is -0.102. The molecule has 2 N–H and O–H groups in total. The predicted octanol–water partition coefficient (Wildman–Crippen LogP) is 3.25. The van der Waals surface area contributed by atoms with Crippen LogP contribution in [0.5, 0.6) is 0 Å². The Balaban J connectivity index is 1.34. The molecule has 4 rings (SSSR count). The van der Waals surface area contributed by atoms with Crippen LogP contribution in [0.1, 0.15) is 33.6 Å². The molecule has 0 saturated carbocycles. The summed E-state index contributed by atoms with van der Waals surface area (Å²) in [7, 11) is 0. The molecular formula is C20H19ClN4O2. The molecule has 1 fully saturated rings. The van der Waals surface area contributed by atoms with E-state index in [-0.39, 0.29) is 17.9 Å². The van der Waals surface area contributed by atoms with E-state index in [1.54, 1.807) is 36.7 Å². The van der Waals surface area contributed by atoms with Crippen LogP contribution in [0.3, 0.4) is 0 Å². The van der Waals surface area contributed by atoms with Gasteiger partial charge < -0.3 is 15.2 Å². The van der Waals surface area contributed by atoms with Crippen LogP contribution in [0.25, 0.3) is 11.0 Å². The van der Waals surface area contributed by atoms with Gasteiger partial charge in [0.25, 0.3) is 11.8 Å². The quantitative estimate of drug-likeness (QED) is 0.729. The maximum atomic E-state index is 12.7. The van der Waals surface area contributed by atoms with E-state index < -0.39 is 0 Å². The number of carbonyl (C=O) groups is 2. The molecule has 27 heavy (non-hydrogen) atoms. The van der Waals surface area contributed by atoms with Crippen LogP contribution in [0, 0.1) is 0 Å². The largest absolute Gasteiger partial charge is 0.349 e. The Labute approximate surface area is 161 Å². The number of nitrogens with one attached hydrogen (secondary N) is 2. The Morgan fingerprint density at radius 3 is 2.52 bits per heavy atom. The molecule has 6 nitrogen and oxygen atoms in total. The van der Waals surface area contributed by atoms with Gasteiger partial charge in [-0.3, -0.25) is 9.59 Å². The summed E-state index contributed by atoms with van der Waals surface area (Å²) in [6.45, 7) is 1.23. The Morgan fingerprint density at radius 2 is 1.78 bits per heavy atom. The van der Waals surface area contributed by atoms with Crippen molar-refractivity contribution in [2.24, 2.45) is 0 Å². The first-order valence-corrected chi connectivity index (χ1v) is 9.27. The van der Waals surface area contributed by atoms with E-state index in [2.05, 4.69) is 15.3 Å². The second kappa shape index (κ2) is 7.40. The molecule has 0 unspecified atom stereocenters. The van der Waals surface area contributed by atoms with Gasteiger partial charge in [-0.05, 0) is 55.3 Å². The number of aromatic nitrogens is 2. The third-order valence-corrected chi connectivity index (χ3v) is 5.14. The van der Waals surface area contributed by atoms with Gasteiger partial charge >= 0.3 is 0 Å². The lowest BCUT2D eigenvalue weighted by atomic mass is 10.0. The lowest BCUT2D eigenvalue weighted by Gasteiger charge is -2.32. The third-order valence-electron chi connectivity index (χ3n) is 4.89. The smallest absolute Gasteiger partial charge is 0.253 e. The van der Waals surface area contributed by atoms with Crippen molar-refractivity contribution in [2.75, 3.05) is 13.1 Å². The molecule has 2 heterocycles. The van der Waals surface area contributed by atoms with Crippen molar-refractivity contribution >= 4 is 34.4 Å². The van der Waals surface area contributed by atoms with Crippen molar-refractivity contribution in [3.8, 4) is 0 Å². The molecule has 2 amide bonds. The highest BCUT2D eigenvalue weighted by atomic mass is 35.5. The van der Waals surface area contributed by atoms with Gasteiger partial charge in [-0.1, -0.05) is 11.6 Å². The molecule has 0 atom stereocenters. The van der Waals surface area contributed by atoms with Gasteiger partial charge in [-0.2, -0.15) is 0 Å². The number of benzene rings is 2. The first-order valence-electron chi connectivity index (χ1n) is 8.89. The summed E-state index contributed by atoms with van der Waals surface area (Å²) >= 11 is 5.86. The number of H-pyrrole nitrogens is 1. The van der Waals surface area contributed by atoms with Crippen LogP contribution in [-0.4, -0.2) is 45.8 Å². The number of hydrogen-bond acceptors (Lipinski definition) is 3. The van der Waals surface area contributed by atoms with Crippen molar-refractivity contribution in [2.45, 2.75) is 18.9 Å². The average molecular weight is 383 g/mol. The highest BCUT2D eigenvalue weighted by Crippen LogP contribution is 2.18. The average Bonchev–Trinajstić information content (AvgIpc) is 3.16. The Kier molecular flexibility index (Phi) is 4.81. The van der Waals surface area contributed by atoms with E-state index in [4.69, 9.17) is 11.6 Å². The maximum absolute atomic E-state index is 12.7. The fraction of sp³-hybridized carbons (Fsp3) is 0.250. The van der Waals surface area contributed by atoms with E-state index in [1.807, 2.05) is 17.0 Å². The van der Waals surface area contributed by atoms with Gasteiger partial charge in [0.1, 0.15) is 0 Å². The van der Waals surface area contributed by atoms with Gasteiger partial charge in [0.15, 0.2) is 0 Å². The Bertz CT molecular complexity index is 975. The van der Waals surface area contributed by atoms with E-state index in [1.165, 1.54) is 0 Å². The van der Waals surface area contributed by atoms with Crippen LogP contribution >= 0.6 is 11.6 Å². The van der Waals surface area contributed by atoms with Gasteiger partial charge in [-0.25, -0.2) is 4.98 Å². The molecule has 7 heteroatoms. The predicted molar refractivity (Wildman–Crippen MR) is 104 cm³/mol. The van der Waals surface area contributed by atoms with Gasteiger partial charge in [0.05, 0.1) is 17.4 Å². The summed E-state index contributed by atoms with van der Waals surface area (Å²) in [5.41, 5.74) is 2.93. The maximum Gasteiger partial charge on any atom is 0.253 e. The number of imidazole rings is 1. The molecule has 1 aromatic heterocycles. The topological polar surface area (TPSA) is 78.1 Å². The van der Waals surface area contributed by atoms with Gasteiger partial charge in [-0.15, -0.1) is 0 Å². The number of halogens is 1. The van der Waals surface area contributed by atoms with Crippen molar-refractivity contribution in [3.05, 3.63) is 64.9 Å². The molecule has 0 aliphatic carbocycles. The fourth-order valence-electron chi connectivity index (χ4n) is 3.35. The molecule has 0 radical (unpaired) electrons. The second-order valence-electron chi connectivity index (χ2n) is 6.68. The highest BCUT2D eigenvalue weighted by Gasteiger charge is 2.25. The van der Waals surface area contributed by atoms with Crippen LogP contribution in [0.15, 0.2) is 48.8 Å². The lowest BCUT2D eigenvalue weighted by molar-refractivity contribution is 0.0698. The second-order valence-corrected chi connectivity index (χ2v) is 7.12. The van der Waals surface area contributed by atoms with E-state index in [0.29, 0.717) is 29.2 Å². The number of nitrogens with zero attached hydrogens (tertiary/aromatic N) is 2. The first-order chi connectivity index (χ1) is 13.1. The SMILES string of the molecule is O=C(NC1CCN(C(=O)c2ccc3nc[nH]c3c2)CC1)c1ccc(Cl)cc1. The number of rotatable bonds is 3. The zero-order valence-electron chi connectivity index (χ0n) is 14.6. The third kappa shape index (κ3) is 3.80. The van der Waals surface area contributed by atoms with Crippen molar-refractivity contribution in [1.29, 1.82) is 0 Å². The number of likely N-dealkylation sites (tertiary alicyclic amines) is 1. The zero-order chi connectivity index (χ0) is 18.8. The molecule has 0 spiro atoms. The molecule has 1 saturated heterocycles. The minimum Gasteiger partial charge on any atom is -0.349 e. The summed E-state index contributed by atoms with van der Waals surface area (Å²) in [6.07, 6.45) is 3.09. The van der Waals surface area contributed by atoms with Crippen molar-refractivity contribution in [1.82, 2.24) is 20.2 Å². The first kappa shape index (κ1) is 17.5. The van der Waals surface area contributed by atoms with E-state index >= 15 is 0 Å². The monoisotopic (exact) mass is 382 g/mol. The number of aromatic amines is 1.